The highest BCUT2D eigenvalue weighted by Crippen LogP contribution is 2.24. The molecule has 0 aliphatic carbocycles. The number of halogens is 3. The van der Waals surface area contributed by atoms with Crippen LogP contribution in [0.2, 0.25) is 5.15 Å². The zero-order chi connectivity index (χ0) is 14.3. The largest absolute Gasteiger partial charge is 0.282 e. The van der Waals surface area contributed by atoms with Gasteiger partial charge in [-0.3, -0.25) is 0 Å². The molecule has 3 aromatic rings. The minimum absolute atomic E-state index is 0.298. The summed E-state index contributed by atoms with van der Waals surface area (Å²) >= 11 is 5.92. The second-order valence-electron chi connectivity index (χ2n) is 4.29. The van der Waals surface area contributed by atoms with Gasteiger partial charge in [0, 0.05) is 11.3 Å². The fraction of sp³-hybridized carbons (Fsp3) is 0.154. The van der Waals surface area contributed by atoms with Crippen LogP contribution in [0.15, 0.2) is 30.5 Å². The zero-order valence-electron chi connectivity index (χ0n) is 10.4. The molecule has 0 aliphatic heterocycles. The Kier molecular flexibility index (Phi) is 3.10. The van der Waals surface area contributed by atoms with E-state index in [9.17, 15) is 8.78 Å². The first kappa shape index (κ1) is 12.9. The van der Waals surface area contributed by atoms with Crippen LogP contribution in [0.25, 0.3) is 16.9 Å². The first-order chi connectivity index (χ1) is 9.54. The lowest BCUT2D eigenvalue weighted by Gasteiger charge is -2.05. The summed E-state index contributed by atoms with van der Waals surface area (Å²) in [4.78, 5) is 8.21. The van der Waals surface area contributed by atoms with Gasteiger partial charge in [-0.25, -0.2) is 23.3 Å². The molecule has 102 valence electrons. The minimum Gasteiger partial charge on any atom is -0.241 e. The van der Waals surface area contributed by atoms with E-state index in [4.69, 9.17) is 11.6 Å². The van der Waals surface area contributed by atoms with E-state index in [0.717, 1.165) is 11.3 Å². The van der Waals surface area contributed by atoms with E-state index in [1.54, 1.807) is 25.3 Å². The maximum Gasteiger partial charge on any atom is 0.282 e. The highest BCUT2D eigenvalue weighted by atomic mass is 35.5. The quantitative estimate of drug-likeness (QED) is 0.677. The molecule has 3 aromatic heterocycles. The number of alkyl halides is 2. The van der Waals surface area contributed by atoms with E-state index in [1.807, 2.05) is 0 Å². The molecular weight excluding hydrogens is 286 g/mol. The smallest absolute Gasteiger partial charge is 0.241 e. The number of hydrogen-bond acceptors (Lipinski definition) is 3. The number of fused-ring (bicyclic) bond motifs is 1. The lowest BCUT2D eigenvalue weighted by Crippen LogP contribution is -2.00. The van der Waals surface area contributed by atoms with Crippen molar-refractivity contribution in [2.75, 3.05) is 0 Å². The Morgan fingerprint density at radius 3 is 2.75 bits per heavy atom. The lowest BCUT2D eigenvalue weighted by atomic mass is 10.2. The van der Waals surface area contributed by atoms with E-state index in [-0.39, 0.29) is 5.69 Å². The molecule has 7 heteroatoms. The third kappa shape index (κ3) is 2.22. The third-order valence-corrected chi connectivity index (χ3v) is 3.02. The van der Waals surface area contributed by atoms with Gasteiger partial charge in [-0.1, -0.05) is 11.6 Å². The van der Waals surface area contributed by atoms with Crippen molar-refractivity contribution >= 4 is 17.2 Å². The monoisotopic (exact) mass is 294 g/mol. The Morgan fingerprint density at radius 2 is 2.05 bits per heavy atom. The van der Waals surface area contributed by atoms with Crippen LogP contribution >= 0.6 is 11.6 Å². The maximum atomic E-state index is 12.7. The van der Waals surface area contributed by atoms with Gasteiger partial charge in [0.05, 0.1) is 11.9 Å². The van der Waals surface area contributed by atoms with Crippen LogP contribution in [0.5, 0.6) is 0 Å². The van der Waals surface area contributed by atoms with Gasteiger partial charge in [0.2, 0.25) is 0 Å². The van der Waals surface area contributed by atoms with Gasteiger partial charge in [-0.2, -0.15) is 5.10 Å². The molecule has 3 heterocycles. The highest BCUT2D eigenvalue weighted by molar-refractivity contribution is 6.29. The van der Waals surface area contributed by atoms with Crippen molar-refractivity contribution in [3.63, 3.8) is 0 Å². The molecule has 0 saturated carbocycles. The average Bonchev–Trinajstić information content (AvgIpc) is 2.80. The molecule has 0 N–H and O–H groups in total. The fourth-order valence-corrected chi connectivity index (χ4v) is 2.23. The number of imidazole rings is 1. The molecule has 0 aliphatic rings. The summed E-state index contributed by atoms with van der Waals surface area (Å²) in [7, 11) is 0. The van der Waals surface area contributed by atoms with Gasteiger partial charge in [-0.05, 0) is 31.2 Å². The molecule has 0 radical (unpaired) electrons. The zero-order valence-corrected chi connectivity index (χ0v) is 11.1. The van der Waals surface area contributed by atoms with Crippen molar-refractivity contribution in [2.45, 2.75) is 13.3 Å². The van der Waals surface area contributed by atoms with E-state index in [2.05, 4.69) is 15.1 Å². The number of aryl methyl sites for hydroxylation is 1. The predicted molar refractivity (Wildman–Crippen MR) is 70.9 cm³/mol. The van der Waals surface area contributed by atoms with E-state index in [0.29, 0.717) is 16.5 Å². The van der Waals surface area contributed by atoms with Crippen LogP contribution in [-0.2, 0) is 0 Å². The van der Waals surface area contributed by atoms with Crippen LogP contribution in [0, 0.1) is 6.92 Å². The topological polar surface area (TPSA) is 43.1 Å². The van der Waals surface area contributed by atoms with Crippen LogP contribution in [0.1, 0.15) is 17.8 Å². The number of hydrogen-bond donors (Lipinski definition) is 0. The lowest BCUT2D eigenvalue weighted by molar-refractivity contribution is 0.144. The van der Waals surface area contributed by atoms with Crippen LogP contribution in [-0.4, -0.2) is 19.6 Å². The van der Waals surface area contributed by atoms with E-state index in [1.165, 1.54) is 16.6 Å². The maximum absolute atomic E-state index is 12.7. The Morgan fingerprint density at radius 1 is 1.25 bits per heavy atom. The molecule has 0 aromatic carbocycles. The van der Waals surface area contributed by atoms with Gasteiger partial charge in [-0.15, -0.1) is 0 Å². The minimum atomic E-state index is -2.63. The number of nitrogens with zero attached hydrogens (tertiary/aromatic N) is 4. The van der Waals surface area contributed by atoms with Crippen molar-refractivity contribution in [1.82, 2.24) is 19.6 Å². The Balaban J connectivity index is 2.22. The Hall–Kier alpha value is -2.08. The highest BCUT2D eigenvalue weighted by Gasteiger charge is 2.13. The Bertz CT molecular complexity index is 765. The number of aromatic nitrogens is 4. The van der Waals surface area contributed by atoms with Crippen molar-refractivity contribution in [1.29, 1.82) is 0 Å². The van der Waals surface area contributed by atoms with Crippen molar-refractivity contribution in [2.24, 2.45) is 0 Å². The fourth-order valence-electron chi connectivity index (χ4n) is 1.98. The van der Waals surface area contributed by atoms with E-state index >= 15 is 0 Å². The normalized spacial score (nSPS) is 11.4. The van der Waals surface area contributed by atoms with Gasteiger partial charge < -0.3 is 0 Å². The predicted octanol–water partition coefficient (Wildman–Crippen LogP) is 3.69. The molecule has 0 unspecified atom stereocenters. The summed E-state index contributed by atoms with van der Waals surface area (Å²) in [6.07, 6.45) is -1.06. The SMILES string of the molecule is Cc1cc(-c2cnc3ccc(C(F)F)nn23)cc(Cl)n1. The number of pyridine rings is 1. The van der Waals surface area contributed by atoms with Gasteiger partial charge in [0.15, 0.2) is 5.65 Å². The first-order valence-corrected chi connectivity index (χ1v) is 6.20. The van der Waals surface area contributed by atoms with Crippen molar-refractivity contribution < 1.29 is 8.78 Å². The third-order valence-electron chi connectivity index (χ3n) is 2.82. The van der Waals surface area contributed by atoms with E-state index < -0.39 is 6.43 Å². The van der Waals surface area contributed by atoms with Crippen LogP contribution < -0.4 is 0 Å². The Labute approximate surface area is 118 Å². The molecule has 0 amide bonds. The average molecular weight is 295 g/mol. The second-order valence-corrected chi connectivity index (χ2v) is 4.68. The molecule has 20 heavy (non-hydrogen) atoms. The molecule has 0 atom stereocenters. The molecule has 4 nitrogen and oxygen atoms in total. The van der Waals surface area contributed by atoms with Crippen LogP contribution in [0.3, 0.4) is 0 Å². The summed E-state index contributed by atoms with van der Waals surface area (Å²) in [5, 5.41) is 4.24. The molecular formula is C13H9ClF2N4. The van der Waals surface area contributed by atoms with Gasteiger partial charge >= 0.3 is 0 Å². The molecule has 0 spiro atoms. The second kappa shape index (κ2) is 4.79. The summed E-state index contributed by atoms with van der Waals surface area (Å²) in [6.45, 7) is 1.80. The molecule has 3 rings (SSSR count). The standard InChI is InChI=1S/C13H9ClF2N4/c1-7-4-8(5-11(14)18-7)10-6-17-12-3-2-9(13(15)16)19-20(10)12/h2-6,13H,1H3. The number of rotatable bonds is 2. The van der Waals surface area contributed by atoms with Gasteiger partial charge in [0.25, 0.3) is 6.43 Å². The van der Waals surface area contributed by atoms with Crippen molar-refractivity contribution in [3.8, 4) is 11.3 Å². The van der Waals surface area contributed by atoms with Crippen molar-refractivity contribution in [3.05, 3.63) is 47.0 Å². The van der Waals surface area contributed by atoms with Crippen LogP contribution in [0.4, 0.5) is 8.78 Å². The first-order valence-electron chi connectivity index (χ1n) is 5.82. The van der Waals surface area contributed by atoms with Gasteiger partial charge in [0.1, 0.15) is 10.8 Å². The molecule has 0 fully saturated rings. The summed E-state index contributed by atoms with van der Waals surface area (Å²) in [6, 6.07) is 6.22. The molecule has 0 bridgehead atoms. The molecule has 0 saturated heterocycles. The summed E-state index contributed by atoms with van der Waals surface area (Å²) < 4.78 is 26.9. The summed E-state index contributed by atoms with van der Waals surface area (Å²) in [5.41, 5.74) is 2.25. The summed E-state index contributed by atoms with van der Waals surface area (Å²) in [5.74, 6) is 0.